The summed E-state index contributed by atoms with van der Waals surface area (Å²) in [6.07, 6.45) is 9.40. The Bertz CT molecular complexity index is 528. The van der Waals surface area contributed by atoms with E-state index >= 15 is 0 Å². The molecular weight excluding hydrogens is 204 g/mol. The maximum atomic E-state index is 2.39. The molecule has 3 rings (SSSR count). The summed E-state index contributed by atoms with van der Waals surface area (Å²) in [4.78, 5) is 0. The Hall–Kier alpha value is -1.56. The molecule has 1 aromatic rings. The van der Waals surface area contributed by atoms with Gasteiger partial charge in [-0.1, -0.05) is 61.1 Å². The Balaban J connectivity index is 2.18. The summed E-state index contributed by atoms with van der Waals surface area (Å²) in [6, 6.07) is 10.7. The molecule has 1 atom stereocenters. The zero-order valence-electron chi connectivity index (χ0n) is 10.5. The molecule has 0 bridgehead atoms. The number of allylic oxidation sites excluding steroid dienone is 6. The molecule has 17 heavy (non-hydrogen) atoms. The van der Waals surface area contributed by atoms with Crippen LogP contribution in [0, 0.1) is 5.41 Å². The first-order chi connectivity index (χ1) is 8.19. The largest absolute Gasteiger partial charge is 0.0830 e. The lowest BCUT2D eigenvalue weighted by Crippen LogP contribution is -2.17. The van der Waals surface area contributed by atoms with E-state index in [1.54, 1.807) is 0 Å². The second kappa shape index (κ2) is 3.73. The maximum absolute atomic E-state index is 2.39. The third-order valence-electron chi connectivity index (χ3n) is 3.94. The molecule has 0 spiro atoms. The van der Waals surface area contributed by atoms with E-state index in [1.165, 1.54) is 35.1 Å². The van der Waals surface area contributed by atoms with Crippen LogP contribution in [0.15, 0.2) is 59.7 Å². The number of hydrogen-bond donors (Lipinski definition) is 0. The fourth-order valence-corrected chi connectivity index (χ4v) is 3.16. The van der Waals surface area contributed by atoms with E-state index in [0.717, 1.165) is 0 Å². The summed E-state index contributed by atoms with van der Waals surface area (Å²) in [6.45, 7) is 4.64. The van der Waals surface area contributed by atoms with Gasteiger partial charge in [0.2, 0.25) is 0 Å². The van der Waals surface area contributed by atoms with Gasteiger partial charge in [-0.3, -0.25) is 0 Å². The first-order valence-corrected chi connectivity index (χ1v) is 6.33. The SMILES string of the molecule is CC1=CC2=C(c3ccccc3)C=CCC2(C)C1. The van der Waals surface area contributed by atoms with E-state index in [9.17, 15) is 0 Å². The van der Waals surface area contributed by atoms with Gasteiger partial charge < -0.3 is 0 Å². The van der Waals surface area contributed by atoms with Gasteiger partial charge in [-0.25, -0.2) is 0 Å². The van der Waals surface area contributed by atoms with Crippen molar-refractivity contribution in [3.05, 3.63) is 65.3 Å². The lowest BCUT2D eigenvalue weighted by molar-refractivity contribution is 0.425. The fourth-order valence-electron chi connectivity index (χ4n) is 3.16. The van der Waals surface area contributed by atoms with Gasteiger partial charge in [-0.15, -0.1) is 0 Å². The van der Waals surface area contributed by atoms with Gasteiger partial charge in [-0.05, 0) is 36.5 Å². The highest BCUT2D eigenvalue weighted by atomic mass is 14.4. The van der Waals surface area contributed by atoms with E-state index in [2.05, 4.69) is 62.4 Å². The third kappa shape index (κ3) is 1.68. The van der Waals surface area contributed by atoms with Gasteiger partial charge in [0, 0.05) is 5.41 Å². The van der Waals surface area contributed by atoms with Gasteiger partial charge in [-0.2, -0.15) is 0 Å². The number of rotatable bonds is 1. The van der Waals surface area contributed by atoms with Crippen LogP contribution >= 0.6 is 0 Å². The molecule has 0 N–H and O–H groups in total. The number of benzene rings is 1. The van der Waals surface area contributed by atoms with Crippen LogP contribution in [0.1, 0.15) is 32.3 Å². The highest BCUT2D eigenvalue weighted by Crippen LogP contribution is 2.50. The summed E-state index contributed by atoms with van der Waals surface area (Å²) < 4.78 is 0. The molecular formula is C17H18. The summed E-state index contributed by atoms with van der Waals surface area (Å²) in [5.74, 6) is 0. The van der Waals surface area contributed by atoms with Crippen molar-refractivity contribution in [3.63, 3.8) is 0 Å². The van der Waals surface area contributed by atoms with Crippen LogP contribution in [0.4, 0.5) is 0 Å². The maximum Gasteiger partial charge on any atom is 0.000251 e. The minimum atomic E-state index is 0.337. The topological polar surface area (TPSA) is 0 Å². The molecule has 0 aliphatic heterocycles. The van der Waals surface area contributed by atoms with Crippen LogP contribution in [0.3, 0.4) is 0 Å². The molecule has 0 heterocycles. The number of hydrogen-bond acceptors (Lipinski definition) is 0. The Kier molecular flexibility index (Phi) is 2.32. The lowest BCUT2D eigenvalue weighted by atomic mass is 9.74. The molecule has 2 aliphatic rings. The van der Waals surface area contributed by atoms with Crippen LogP contribution in [-0.4, -0.2) is 0 Å². The Labute approximate surface area is 103 Å². The van der Waals surface area contributed by atoms with Crippen LogP contribution in [0.5, 0.6) is 0 Å². The second-order valence-electron chi connectivity index (χ2n) is 5.53. The smallest absolute Gasteiger partial charge is 0.000251 e. The predicted molar refractivity (Wildman–Crippen MR) is 73.6 cm³/mol. The summed E-state index contributed by atoms with van der Waals surface area (Å²) in [7, 11) is 0. The molecule has 0 fully saturated rings. The highest BCUT2D eigenvalue weighted by Gasteiger charge is 2.35. The van der Waals surface area contributed by atoms with E-state index < -0.39 is 0 Å². The molecule has 0 radical (unpaired) electrons. The molecule has 0 amide bonds. The summed E-state index contributed by atoms with van der Waals surface area (Å²) in [5.41, 5.74) is 6.14. The minimum absolute atomic E-state index is 0.337. The normalized spacial score (nSPS) is 27.1. The van der Waals surface area contributed by atoms with E-state index in [1.807, 2.05) is 0 Å². The first kappa shape index (κ1) is 10.6. The molecule has 1 aromatic carbocycles. The van der Waals surface area contributed by atoms with Gasteiger partial charge >= 0.3 is 0 Å². The monoisotopic (exact) mass is 222 g/mol. The zero-order chi connectivity index (χ0) is 11.9. The summed E-state index contributed by atoms with van der Waals surface area (Å²) >= 11 is 0. The third-order valence-corrected chi connectivity index (χ3v) is 3.94. The van der Waals surface area contributed by atoms with E-state index in [-0.39, 0.29) is 0 Å². The predicted octanol–water partition coefficient (Wildman–Crippen LogP) is 4.76. The standard InChI is InChI=1S/C17H18/c1-13-11-16-15(14-7-4-3-5-8-14)9-6-10-17(16,2)12-13/h3-9,11H,10,12H2,1-2H3. The molecule has 0 aromatic heterocycles. The van der Waals surface area contributed by atoms with Crippen molar-refractivity contribution < 1.29 is 0 Å². The first-order valence-electron chi connectivity index (χ1n) is 6.33. The Morgan fingerprint density at radius 3 is 2.65 bits per heavy atom. The van der Waals surface area contributed by atoms with Gasteiger partial charge in [0.15, 0.2) is 0 Å². The van der Waals surface area contributed by atoms with E-state index in [0.29, 0.717) is 5.41 Å². The molecule has 0 saturated carbocycles. The molecule has 0 heteroatoms. The zero-order valence-corrected chi connectivity index (χ0v) is 10.5. The van der Waals surface area contributed by atoms with Crippen molar-refractivity contribution in [2.75, 3.05) is 0 Å². The van der Waals surface area contributed by atoms with Gasteiger partial charge in [0.05, 0.1) is 0 Å². The van der Waals surface area contributed by atoms with Crippen molar-refractivity contribution in [1.29, 1.82) is 0 Å². The summed E-state index contributed by atoms with van der Waals surface area (Å²) in [5, 5.41) is 0. The second-order valence-corrected chi connectivity index (χ2v) is 5.53. The van der Waals surface area contributed by atoms with Crippen molar-refractivity contribution in [2.24, 2.45) is 5.41 Å². The molecule has 1 unspecified atom stereocenters. The van der Waals surface area contributed by atoms with Crippen LogP contribution < -0.4 is 0 Å². The molecule has 86 valence electrons. The Morgan fingerprint density at radius 1 is 1.12 bits per heavy atom. The average molecular weight is 222 g/mol. The van der Waals surface area contributed by atoms with Crippen LogP contribution in [0.25, 0.3) is 5.57 Å². The van der Waals surface area contributed by atoms with Crippen molar-refractivity contribution in [1.82, 2.24) is 0 Å². The molecule has 2 aliphatic carbocycles. The minimum Gasteiger partial charge on any atom is -0.0830 e. The van der Waals surface area contributed by atoms with E-state index in [4.69, 9.17) is 0 Å². The quantitative estimate of drug-likeness (QED) is 0.643. The van der Waals surface area contributed by atoms with Crippen molar-refractivity contribution in [2.45, 2.75) is 26.7 Å². The van der Waals surface area contributed by atoms with Crippen LogP contribution in [-0.2, 0) is 0 Å². The van der Waals surface area contributed by atoms with Gasteiger partial charge in [0.1, 0.15) is 0 Å². The van der Waals surface area contributed by atoms with Gasteiger partial charge in [0.25, 0.3) is 0 Å². The Morgan fingerprint density at radius 2 is 1.88 bits per heavy atom. The number of fused-ring (bicyclic) bond motifs is 1. The van der Waals surface area contributed by atoms with Crippen molar-refractivity contribution >= 4 is 5.57 Å². The lowest BCUT2D eigenvalue weighted by Gasteiger charge is -2.30. The molecule has 0 nitrogen and oxygen atoms in total. The van der Waals surface area contributed by atoms with Crippen molar-refractivity contribution in [3.8, 4) is 0 Å². The average Bonchev–Trinajstić information content (AvgIpc) is 2.64. The molecule has 0 saturated heterocycles. The highest BCUT2D eigenvalue weighted by molar-refractivity contribution is 5.81. The fraction of sp³-hybridized carbons (Fsp3) is 0.294. The van der Waals surface area contributed by atoms with Crippen LogP contribution in [0.2, 0.25) is 0 Å².